The molecule has 0 spiro atoms. The molecule has 2 N–H and O–H groups in total. The zero-order valence-electron chi connectivity index (χ0n) is 35.6. The number of piperidine rings is 2. The van der Waals surface area contributed by atoms with E-state index in [-0.39, 0.29) is 23.2 Å². The van der Waals surface area contributed by atoms with Gasteiger partial charge in [0.1, 0.15) is 57.3 Å². The smallest absolute Gasteiger partial charge is 0.189 e. The average molecular weight is 893 g/mol. The quantitative estimate of drug-likeness (QED) is 0.160. The Morgan fingerprint density at radius 3 is 1.24 bits per heavy atom. The van der Waals surface area contributed by atoms with E-state index in [1.54, 1.807) is 122 Å². The first-order chi connectivity index (χ1) is 29.9. The van der Waals surface area contributed by atoms with Gasteiger partial charge >= 0.3 is 0 Å². The Labute approximate surface area is 360 Å². The minimum Gasteiger partial charge on any atom is -0.494 e. The van der Waals surface area contributed by atoms with Gasteiger partial charge in [-0.3, -0.25) is 18.5 Å². The molecular weight excluding hydrogens is 841 g/mol. The molecule has 8 rings (SSSR count). The minimum atomic E-state index is -3.46. The highest BCUT2D eigenvalue weighted by atomic mass is 32.2. The van der Waals surface area contributed by atoms with Crippen molar-refractivity contribution in [2.24, 2.45) is 14.1 Å². The summed E-state index contributed by atoms with van der Waals surface area (Å²) in [4.78, 5) is 0. The first-order valence-electron chi connectivity index (χ1n) is 20.0. The second-order valence-corrected chi connectivity index (χ2v) is 19.4. The first-order valence-corrected chi connectivity index (χ1v) is 23.5. The van der Waals surface area contributed by atoms with Crippen LogP contribution in [0, 0.1) is 0 Å². The number of ether oxygens (including phenoxy) is 4. The fourth-order valence-corrected chi connectivity index (χ4v) is 11.0. The molecule has 2 aliphatic rings. The second-order valence-electron chi connectivity index (χ2n) is 14.9. The summed E-state index contributed by atoms with van der Waals surface area (Å²) in [6, 6.07) is 14.3. The number of benzene rings is 2. The van der Waals surface area contributed by atoms with Gasteiger partial charge in [0.2, 0.25) is 0 Å². The lowest BCUT2D eigenvalue weighted by molar-refractivity contribution is 0.390. The number of rotatable bonds is 14. The van der Waals surface area contributed by atoms with Crippen LogP contribution in [0.1, 0.15) is 37.3 Å². The summed E-state index contributed by atoms with van der Waals surface area (Å²) in [6.07, 6.45) is 6.51. The Morgan fingerprint density at radius 1 is 0.581 bits per heavy atom. The molecule has 6 aromatic rings. The summed E-state index contributed by atoms with van der Waals surface area (Å²) in [6.45, 7) is 2.57. The molecular formula is C40H52N12O8S2. The SMILES string of the molecule is COc1cccc(OC)c1-n1c(CS(=O)(=O)[C@@H]2CCCNC2)nnc1-c1ccn(C)n1.COc1cccc(OC)c1-n1c(CS(=O)(=O)[C@H]2CCCNC2)nnc1-c1ccn(C)n1. The fourth-order valence-electron chi connectivity index (χ4n) is 7.64. The van der Waals surface area contributed by atoms with Crippen molar-refractivity contribution in [3.8, 4) is 57.4 Å². The van der Waals surface area contributed by atoms with Gasteiger partial charge in [-0.15, -0.1) is 20.4 Å². The maximum atomic E-state index is 13.2. The molecule has 2 atom stereocenters. The Kier molecular flexibility index (Phi) is 13.6. The minimum absolute atomic E-state index is 0.250. The molecule has 6 heterocycles. The van der Waals surface area contributed by atoms with E-state index in [1.165, 1.54) is 0 Å². The van der Waals surface area contributed by atoms with Crippen LogP contribution in [-0.4, -0.2) is 131 Å². The van der Waals surface area contributed by atoms with Crippen LogP contribution < -0.4 is 29.6 Å². The number of para-hydroxylation sites is 2. The van der Waals surface area contributed by atoms with Crippen LogP contribution >= 0.6 is 0 Å². The molecule has 0 aliphatic carbocycles. The van der Waals surface area contributed by atoms with Crippen LogP contribution in [0.4, 0.5) is 0 Å². The Hall–Kier alpha value is -5.84. The third kappa shape index (κ3) is 9.32. The van der Waals surface area contributed by atoms with Crippen LogP contribution in [-0.2, 0) is 45.3 Å². The number of hydrogen-bond acceptors (Lipinski definition) is 16. The van der Waals surface area contributed by atoms with E-state index >= 15 is 0 Å². The molecule has 2 saturated heterocycles. The summed E-state index contributed by atoms with van der Waals surface area (Å²) in [7, 11) is 2.87. The number of hydrogen-bond donors (Lipinski definition) is 2. The van der Waals surface area contributed by atoms with Crippen molar-refractivity contribution in [3.63, 3.8) is 0 Å². The van der Waals surface area contributed by atoms with E-state index in [4.69, 9.17) is 18.9 Å². The molecule has 2 aliphatic heterocycles. The van der Waals surface area contributed by atoms with E-state index in [9.17, 15) is 16.8 Å². The van der Waals surface area contributed by atoms with Gasteiger partial charge in [-0.2, -0.15) is 10.2 Å². The van der Waals surface area contributed by atoms with Gasteiger partial charge in [-0.05, 0) is 75.2 Å². The Bertz CT molecular complexity index is 2470. The van der Waals surface area contributed by atoms with E-state index in [2.05, 4.69) is 41.2 Å². The normalized spacial score (nSPS) is 16.9. The molecule has 0 saturated carbocycles. The molecule has 4 aromatic heterocycles. The van der Waals surface area contributed by atoms with E-state index in [1.807, 2.05) is 0 Å². The monoisotopic (exact) mass is 892 g/mol. The number of nitrogens with zero attached hydrogens (tertiary/aromatic N) is 10. The Balaban J connectivity index is 0.000000186. The molecule has 20 nitrogen and oxygen atoms in total. The van der Waals surface area contributed by atoms with Gasteiger partial charge in [0.15, 0.2) is 43.0 Å². The predicted octanol–water partition coefficient (Wildman–Crippen LogP) is 2.70. The van der Waals surface area contributed by atoms with Gasteiger partial charge in [0.25, 0.3) is 0 Å². The van der Waals surface area contributed by atoms with Crippen molar-refractivity contribution < 1.29 is 35.8 Å². The molecule has 332 valence electrons. The zero-order chi connectivity index (χ0) is 44.0. The van der Waals surface area contributed by atoms with E-state index in [0.29, 0.717) is 83.3 Å². The van der Waals surface area contributed by atoms with Crippen molar-refractivity contribution in [1.82, 2.24) is 59.7 Å². The zero-order valence-corrected chi connectivity index (χ0v) is 37.2. The molecule has 2 fully saturated rings. The summed E-state index contributed by atoms with van der Waals surface area (Å²) in [5.74, 6) is 2.93. The molecule has 62 heavy (non-hydrogen) atoms. The van der Waals surface area contributed by atoms with Crippen LogP contribution in [0.2, 0.25) is 0 Å². The molecule has 2 aromatic carbocycles. The standard InChI is InChI=1S/2C20H26N6O4S/c2*1-25-11-9-15(24-25)20-23-22-18(13-31(27,28)14-6-5-10-21-12-14)26(20)19-16(29-2)7-4-8-17(19)30-3/h2*4,7-9,11,14,21H,5-6,10,12-13H2,1-3H3/t2*14-/m10/s1. The second kappa shape index (κ2) is 19.1. The van der Waals surface area contributed by atoms with Crippen LogP contribution in [0.3, 0.4) is 0 Å². The predicted molar refractivity (Wildman–Crippen MR) is 230 cm³/mol. The molecule has 22 heteroatoms. The third-order valence-electron chi connectivity index (χ3n) is 10.8. The van der Waals surface area contributed by atoms with Crippen LogP contribution in [0.15, 0.2) is 60.9 Å². The highest BCUT2D eigenvalue weighted by Crippen LogP contribution is 2.38. The maximum absolute atomic E-state index is 13.2. The topological polar surface area (TPSA) is 226 Å². The number of nitrogens with one attached hydrogen (secondary N) is 2. The van der Waals surface area contributed by atoms with E-state index in [0.717, 1.165) is 25.9 Å². The van der Waals surface area contributed by atoms with Gasteiger partial charge in [0, 0.05) is 39.6 Å². The summed E-state index contributed by atoms with van der Waals surface area (Å²) in [5, 5.41) is 31.4. The van der Waals surface area contributed by atoms with Crippen molar-refractivity contribution in [2.75, 3.05) is 54.6 Å². The van der Waals surface area contributed by atoms with E-state index < -0.39 is 30.2 Å². The highest BCUT2D eigenvalue weighted by Gasteiger charge is 2.34. The lowest BCUT2D eigenvalue weighted by atomic mass is 10.2. The number of sulfone groups is 2. The summed E-state index contributed by atoms with van der Waals surface area (Å²) < 4.78 is 81.7. The van der Waals surface area contributed by atoms with Gasteiger partial charge in [0.05, 0.1) is 38.9 Å². The van der Waals surface area contributed by atoms with Crippen LogP contribution in [0.5, 0.6) is 23.0 Å². The van der Waals surface area contributed by atoms with Crippen molar-refractivity contribution in [1.29, 1.82) is 0 Å². The fraction of sp³-hybridized carbons (Fsp3) is 0.450. The summed E-state index contributed by atoms with van der Waals surface area (Å²) >= 11 is 0. The largest absolute Gasteiger partial charge is 0.494 e. The number of aryl methyl sites for hydroxylation is 2. The first kappa shape index (κ1) is 44.2. The van der Waals surface area contributed by atoms with Gasteiger partial charge in [-0.25, -0.2) is 16.8 Å². The molecule has 0 unspecified atom stereocenters. The van der Waals surface area contributed by atoms with Gasteiger partial charge < -0.3 is 29.6 Å². The maximum Gasteiger partial charge on any atom is 0.189 e. The van der Waals surface area contributed by atoms with Crippen molar-refractivity contribution in [2.45, 2.75) is 47.7 Å². The number of aromatic nitrogens is 10. The van der Waals surface area contributed by atoms with Crippen molar-refractivity contribution in [3.05, 3.63) is 72.6 Å². The molecule has 0 amide bonds. The Morgan fingerprint density at radius 2 is 0.952 bits per heavy atom. The lowest BCUT2D eigenvalue weighted by Gasteiger charge is -2.23. The average Bonchev–Trinajstić information content (AvgIpc) is 4.11. The third-order valence-corrected chi connectivity index (χ3v) is 14.9. The van der Waals surface area contributed by atoms with Crippen LogP contribution in [0.25, 0.3) is 34.4 Å². The molecule has 0 bridgehead atoms. The number of methoxy groups -OCH3 is 4. The highest BCUT2D eigenvalue weighted by molar-refractivity contribution is 7.91. The van der Waals surface area contributed by atoms with Crippen molar-refractivity contribution >= 4 is 19.7 Å². The summed E-state index contributed by atoms with van der Waals surface area (Å²) in [5.41, 5.74) is 2.19. The lowest BCUT2D eigenvalue weighted by Crippen LogP contribution is -2.39. The molecule has 0 radical (unpaired) electrons. The van der Waals surface area contributed by atoms with Gasteiger partial charge in [-0.1, -0.05) is 12.1 Å².